The summed E-state index contributed by atoms with van der Waals surface area (Å²) in [5.74, 6) is 0.705. The minimum absolute atomic E-state index is 0.0673. The maximum absolute atomic E-state index is 13.0. The lowest BCUT2D eigenvalue weighted by Crippen LogP contribution is -2.49. The van der Waals surface area contributed by atoms with E-state index >= 15 is 0 Å². The molecule has 138 valence electrons. The van der Waals surface area contributed by atoms with Crippen molar-refractivity contribution in [2.75, 3.05) is 13.1 Å². The SMILES string of the molecule is O=C(Cn1ccc2ccc(Cl)cc21)N1C[C@H]2C[C@@H](C1)c1cccc(=O)n1C2. The summed E-state index contributed by atoms with van der Waals surface area (Å²) < 4.78 is 3.86. The molecule has 5 rings (SSSR count). The number of halogens is 1. The van der Waals surface area contributed by atoms with E-state index in [2.05, 4.69) is 0 Å². The zero-order valence-corrected chi connectivity index (χ0v) is 15.6. The van der Waals surface area contributed by atoms with Crippen molar-refractivity contribution in [3.8, 4) is 0 Å². The van der Waals surface area contributed by atoms with Crippen LogP contribution in [0, 0.1) is 5.92 Å². The molecular formula is C21H20ClN3O2. The number of hydrogen-bond donors (Lipinski definition) is 0. The predicted molar refractivity (Wildman–Crippen MR) is 105 cm³/mol. The van der Waals surface area contributed by atoms with Crippen molar-refractivity contribution in [1.29, 1.82) is 0 Å². The Hall–Kier alpha value is -2.53. The molecule has 0 spiro atoms. The van der Waals surface area contributed by atoms with Crippen LogP contribution in [0.15, 0.2) is 53.5 Å². The Kier molecular flexibility index (Phi) is 3.86. The second-order valence-electron chi connectivity index (χ2n) is 7.64. The highest BCUT2D eigenvalue weighted by Crippen LogP contribution is 2.35. The van der Waals surface area contributed by atoms with E-state index in [9.17, 15) is 9.59 Å². The Bertz CT molecular complexity index is 1100. The van der Waals surface area contributed by atoms with Crippen LogP contribution < -0.4 is 5.56 Å². The molecular weight excluding hydrogens is 362 g/mol. The fourth-order valence-electron chi connectivity index (χ4n) is 4.64. The number of nitrogens with zero attached hydrogens (tertiary/aromatic N) is 3. The minimum atomic E-state index is 0.0673. The highest BCUT2D eigenvalue weighted by Gasteiger charge is 2.36. The Morgan fingerprint density at radius 2 is 2.00 bits per heavy atom. The van der Waals surface area contributed by atoms with Gasteiger partial charge in [0.25, 0.3) is 5.56 Å². The third kappa shape index (κ3) is 2.86. The van der Waals surface area contributed by atoms with Crippen LogP contribution >= 0.6 is 11.6 Å². The number of amides is 1. The largest absolute Gasteiger partial charge is 0.340 e. The van der Waals surface area contributed by atoms with E-state index in [0.29, 0.717) is 30.6 Å². The topological polar surface area (TPSA) is 47.2 Å². The molecule has 3 aromatic rings. The number of aromatic nitrogens is 2. The highest BCUT2D eigenvalue weighted by molar-refractivity contribution is 6.31. The highest BCUT2D eigenvalue weighted by atomic mass is 35.5. The van der Waals surface area contributed by atoms with Crippen LogP contribution in [0.3, 0.4) is 0 Å². The standard InChI is InChI=1S/C21H20ClN3O2/c22-17-5-4-15-6-7-23(19(15)9-17)13-21(27)24-10-14-8-16(12-24)18-2-1-3-20(26)25(18)11-14/h1-7,9,14,16H,8,10-13H2/t14-,16+/m1/s1. The van der Waals surface area contributed by atoms with Crippen LogP contribution in [0.4, 0.5) is 0 Å². The van der Waals surface area contributed by atoms with Gasteiger partial charge in [-0.05, 0) is 42.0 Å². The molecule has 1 saturated heterocycles. The van der Waals surface area contributed by atoms with Gasteiger partial charge >= 0.3 is 0 Å². The summed E-state index contributed by atoms with van der Waals surface area (Å²) in [6, 6.07) is 13.2. The van der Waals surface area contributed by atoms with E-state index in [-0.39, 0.29) is 17.4 Å². The van der Waals surface area contributed by atoms with Gasteiger partial charge in [0.2, 0.25) is 5.91 Å². The number of pyridine rings is 1. The summed E-state index contributed by atoms with van der Waals surface area (Å²) in [7, 11) is 0. The summed E-state index contributed by atoms with van der Waals surface area (Å²) in [4.78, 5) is 27.1. The fraction of sp³-hybridized carbons (Fsp3) is 0.333. The Morgan fingerprint density at radius 3 is 2.89 bits per heavy atom. The van der Waals surface area contributed by atoms with Gasteiger partial charge in [-0.15, -0.1) is 0 Å². The van der Waals surface area contributed by atoms with E-state index in [1.54, 1.807) is 6.07 Å². The molecule has 0 saturated carbocycles. The second-order valence-corrected chi connectivity index (χ2v) is 8.08. The first-order valence-electron chi connectivity index (χ1n) is 9.30. The monoisotopic (exact) mass is 381 g/mol. The van der Waals surface area contributed by atoms with Crippen molar-refractivity contribution >= 4 is 28.4 Å². The third-order valence-electron chi connectivity index (χ3n) is 5.87. The third-order valence-corrected chi connectivity index (χ3v) is 6.11. The quantitative estimate of drug-likeness (QED) is 0.684. The van der Waals surface area contributed by atoms with E-state index in [4.69, 9.17) is 11.6 Å². The van der Waals surface area contributed by atoms with E-state index in [1.807, 2.05) is 56.6 Å². The van der Waals surface area contributed by atoms with Gasteiger partial charge < -0.3 is 14.0 Å². The van der Waals surface area contributed by atoms with Gasteiger partial charge in [0, 0.05) is 54.0 Å². The summed E-state index contributed by atoms with van der Waals surface area (Å²) in [5.41, 5.74) is 2.11. The molecule has 2 aliphatic rings. The first-order chi connectivity index (χ1) is 13.1. The molecule has 0 N–H and O–H groups in total. The van der Waals surface area contributed by atoms with E-state index in [0.717, 1.165) is 29.6 Å². The van der Waals surface area contributed by atoms with Gasteiger partial charge in [0.1, 0.15) is 6.54 Å². The number of piperidine rings is 1. The maximum Gasteiger partial charge on any atom is 0.250 e. The summed E-state index contributed by atoms with van der Waals surface area (Å²) in [6.45, 7) is 2.41. The van der Waals surface area contributed by atoms with E-state index < -0.39 is 0 Å². The van der Waals surface area contributed by atoms with Crippen LogP contribution in [0.25, 0.3) is 10.9 Å². The Morgan fingerprint density at radius 1 is 1.11 bits per heavy atom. The molecule has 1 aromatic carbocycles. The Balaban J connectivity index is 1.39. The number of benzene rings is 1. The fourth-order valence-corrected chi connectivity index (χ4v) is 4.81. The molecule has 2 atom stereocenters. The predicted octanol–water partition coefficient (Wildman–Crippen LogP) is 3.10. The first-order valence-corrected chi connectivity index (χ1v) is 9.68. The molecule has 0 aliphatic carbocycles. The average Bonchev–Trinajstić information content (AvgIpc) is 3.04. The average molecular weight is 382 g/mol. The van der Waals surface area contributed by atoms with Crippen LogP contribution in [-0.2, 0) is 17.9 Å². The summed E-state index contributed by atoms with van der Waals surface area (Å²) >= 11 is 6.12. The van der Waals surface area contributed by atoms with Crippen molar-refractivity contribution < 1.29 is 4.79 Å². The van der Waals surface area contributed by atoms with Crippen LogP contribution in [-0.4, -0.2) is 33.0 Å². The molecule has 2 aromatic heterocycles. The van der Waals surface area contributed by atoms with Gasteiger partial charge in [0.15, 0.2) is 0 Å². The van der Waals surface area contributed by atoms with Crippen LogP contribution in [0.1, 0.15) is 18.0 Å². The second kappa shape index (κ2) is 6.27. The molecule has 1 fully saturated rings. The van der Waals surface area contributed by atoms with Gasteiger partial charge in [-0.1, -0.05) is 23.7 Å². The lowest BCUT2D eigenvalue weighted by Gasteiger charge is -2.42. The van der Waals surface area contributed by atoms with Gasteiger partial charge in [-0.2, -0.15) is 0 Å². The number of carbonyl (C=O) groups is 1. The van der Waals surface area contributed by atoms with Crippen molar-refractivity contribution in [1.82, 2.24) is 14.0 Å². The van der Waals surface area contributed by atoms with Crippen molar-refractivity contribution in [3.63, 3.8) is 0 Å². The van der Waals surface area contributed by atoms with Crippen LogP contribution in [0.5, 0.6) is 0 Å². The molecule has 2 bridgehead atoms. The van der Waals surface area contributed by atoms with Crippen molar-refractivity contribution in [3.05, 3.63) is 69.7 Å². The summed E-state index contributed by atoms with van der Waals surface area (Å²) in [6.07, 6.45) is 2.99. The zero-order chi connectivity index (χ0) is 18.5. The van der Waals surface area contributed by atoms with Gasteiger partial charge in [-0.25, -0.2) is 0 Å². The van der Waals surface area contributed by atoms with Crippen molar-refractivity contribution in [2.24, 2.45) is 5.92 Å². The molecule has 6 heteroatoms. The lowest BCUT2D eigenvalue weighted by atomic mass is 9.83. The number of carbonyl (C=O) groups excluding carboxylic acids is 1. The molecule has 5 nitrogen and oxygen atoms in total. The van der Waals surface area contributed by atoms with Crippen LogP contribution in [0.2, 0.25) is 5.02 Å². The number of likely N-dealkylation sites (tertiary alicyclic amines) is 1. The number of fused-ring (bicyclic) bond motifs is 5. The van der Waals surface area contributed by atoms with E-state index in [1.165, 1.54) is 0 Å². The Labute approximate surface area is 161 Å². The summed E-state index contributed by atoms with van der Waals surface area (Å²) in [5, 5.41) is 1.75. The molecule has 0 unspecified atom stereocenters. The van der Waals surface area contributed by atoms with Gasteiger partial charge in [-0.3, -0.25) is 9.59 Å². The lowest BCUT2D eigenvalue weighted by molar-refractivity contribution is -0.134. The number of hydrogen-bond acceptors (Lipinski definition) is 2. The normalized spacial score (nSPS) is 21.3. The minimum Gasteiger partial charge on any atom is -0.340 e. The zero-order valence-electron chi connectivity index (χ0n) is 14.8. The maximum atomic E-state index is 13.0. The first kappa shape index (κ1) is 16.6. The molecule has 27 heavy (non-hydrogen) atoms. The molecule has 2 aliphatic heterocycles. The smallest absolute Gasteiger partial charge is 0.250 e. The number of rotatable bonds is 2. The molecule has 0 radical (unpaired) electrons. The molecule has 1 amide bonds. The van der Waals surface area contributed by atoms with Gasteiger partial charge in [0.05, 0.1) is 0 Å². The molecule has 4 heterocycles. The van der Waals surface area contributed by atoms with Crippen molar-refractivity contribution in [2.45, 2.75) is 25.4 Å².